The molecule has 2 heterocycles. The maximum Gasteiger partial charge on any atom is 0.143 e. The lowest BCUT2D eigenvalue weighted by Gasteiger charge is -2.32. The van der Waals surface area contributed by atoms with Gasteiger partial charge in [-0.3, -0.25) is 0 Å². The summed E-state index contributed by atoms with van der Waals surface area (Å²) in [5.74, 6) is 0.984. The van der Waals surface area contributed by atoms with Crippen LogP contribution < -0.4 is 14.5 Å². The Balaban J connectivity index is 0.00000245. The van der Waals surface area contributed by atoms with Crippen molar-refractivity contribution in [2.45, 2.75) is 25.5 Å². The number of hydrogen-bond acceptors (Lipinski definition) is 4. The predicted molar refractivity (Wildman–Crippen MR) is 136 cm³/mol. The Morgan fingerprint density at radius 2 is 1.62 bits per heavy atom. The van der Waals surface area contributed by atoms with Crippen LogP contribution >= 0.6 is 12.4 Å². The van der Waals surface area contributed by atoms with Crippen LogP contribution in [0.2, 0.25) is 0 Å². The van der Waals surface area contributed by atoms with E-state index in [9.17, 15) is 0 Å². The molecule has 0 saturated carbocycles. The first-order valence-corrected chi connectivity index (χ1v) is 11.3. The van der Waals surface area contributed by atoms with E-state index in [4.69, 9.17) is 4.74 Å². The Hall–Kier alpha value is -2.69. The van der Waals surface area contributed by atoms with Gasteiger partial charge in [0.1, 0.15) is 12.4 Å². The molecule has 0 aromatic heterocycles. The van der Waals surface area contributed by atoms with Gasteiger partial charge in [-0.1, -0.05) is 42.5 Å². The van der Waals surface area contributed by atoms with Crippen molar-refractivity contribution in [3.8, 4) is 5.75 Å². The number of likely N-dealkylation sites (tertiary alicyclic amines) is 1. The second-order valence-corrected chi connectivity index (χ2v) is 8.81. The largest absolute Gasteiger partial charge is 0.487 e. The van der Waals surface area contributed by atoms with Crippen LogP contribution in [0.5, 0.6) is 5.75 Å². The first kappa shape index (κ1) is 22.5. The molecule has 1 atom stereocenters. The molecule has 1 fully saturated rings. The van der Waals surface area contributed by atoms with E-state index in [0.717, 1.165) is 31.8 Å². The van der Waals surface area contributed by atoms with Crippen LogP contribution in [0.4, 0.5) is 17.1 Å². The Kier molecular flexibility index (Phi) is 6.92. The highest BCUT2D eigenvalue weighted by atomic mass is 35.5. The van der Waals surface area contributed by atoms with E-state index in [1.807, 2.05) is 0 Å². The van der Waals surface area contributed by atoms with Gasteiger partial charge in [0, 0.05) is 56.7 Å². The highest BCUT2D eigenvalue weighted by molar-refractivity contribution is 5.85. The summed E-state index contributed by atoms with van der Waals surface area (Å²) in [6.45, 7) is 3.95. The highest BCUT2D eigenvalue weighted by Crippen LogP contribution is 2.42. The third-order valence-electron chi connectivity index (χ3n) is 6.54. The van der Waals surface area contributed by atoms with Crippen molar-refractivity contribution in [2.24, 2.45) is 0 Å². The number of ether oxygens (including phenoxy) is 1. The Morgan fingerprint density at radius 1 is 0.906 bits per heavy atom. The number of benzene rings is 3. The topological polar surface area (TPSA) is 19.0 Å². The monoisotopic (exact) mass is 449 g/mol. The zero-order valence-corrected chi connectivity index (χ0v) is 19.7. The van der Waals surface area contributed by atoms with Gasteiger partial charge in [-0.15, -0.1) is 12.4 Å². The second-order valence-electron chi connectivity index (χ2n) is 8.81. The van der Waals surface area contributed by atoms with Gasteiger partial charge in [-0.05, 0) is 48.7 Å². The fourth-order valence-corrected chi connectivity index (χ4v) is 4.80. The van der Waals surface area contributed by atoms with Crippen LogP contribution in [0.15, 0.2) is 72.8 Å². The third kappa shape index (κ3) is 4.57. The van der Waals surface area contributed by atoms with Crippen molar-refractivity contribution in [3.05, 3.63) is 83.9 Å². The molecular weight excluding hydrogens is 418 g/mol. The quantitative estimate of drug-likeness (QED) is 0.510. The predicted octanol–water partition coefficient (Wildman–Crippen LogP) is 5.52. The summed E-state index contributed by atoms with van der Waals surface area (Å²) in [4.78, 5) is 7.29. The maximum absolute atomic E-state index is 6.16. The molecular formula is C27H32ClN3O. The SMILES string of the molecule is CN(C)c1ccc(CCN2CC[C@@H](N3c4ccccc4COc4ccccc43)C2)cc1.Cl. The molecule has 0 N–H and O–H groups in total. The van der Waals surface area contributed by atoms with Crippen LogP contribution in [-0.4, -0.2) is 44.7 Å². The zero-order valence-electron chi connectivity index (χ0n) is 18.9. The van der Waals surface area contributed by atoms with Crippen molar-refractivity contribution in [1.29, 1.82) is 0 Å². The van der Waals surface area contributed by atoms with Gasteiger partial charge in [0.25, 0.3) is 0 Å². The summed E-state index contributed by atoms with van der Waals surface area (Å²) in [7, 11) is 4.17. The lowest BCUT2D eigenvalue weighted by Crippen LogP contribution is -2.35. The number of hydrogen-bond donors (Lipinski definition) is 0. The molecule has 4 nitrogen and oxygen atoms in total. The number of anilines is 3. The number of rotatable bonds is 5. The van der Waals surface area contributed by atoms with Crippen molar-refractivity contribution in [2.75, 3.05) is 43.5 Å². The zero-order chi connectivity index (χ0) is 21.2. The fourth-order valence-electron chi connectivity index (χ4n) is 4.80. The van der Waals surface area contributed by atoms with Crippen LogP contribution in [0.25, 0.3) is 0 Å². The van der Waals surface area contributed by atoms with Crippen LogP contribution in [0.3, 0.4) is 0 Å². The highest BCUT2D eigenvalue weighted by Gasteiger charge is 2.32. The van der Waals surface area contributed by atoms with Gasteiger partial charge in [0.05, 0.1) is 5.69 Å². The lowest BCUT2D eigenvalue weighted by molar-refractivity contribution is 0.310. The van der Waals surface area contributed by atoms with E-state index in [0.29, 0.717) is 12.6 Å². The molecule has 5 rings (SSSR count). The minimum Gasteiger partial charge on any atom is -0.487 e. The Morgan fingerprint density at radius 3 is 2.41 bits per heavy atom. The van der Waals surface area contributed by atoms with E-state index >= 15 is 0 Å². The summed E-state index contributed by atoms with van der Waals surface area (Å²) in [6.07, 6.45) is 2.26. The number of para-hydroxylation sites is 3. The van der Waals surface area contributed by atoms with Crippen LogP contribution in [0.1, 0.15) is 17.5 Å². The maximum atomic E-state index is 6.16. The minimum atomic E-state index is 0. The van der Waals surface area contributed by atoms with E-state index in [-0.39, 0.29) is 12.4 Å². The van der Waals surface area contributed by atoms with Crippen molar-refractivity contribution >= 4 is 29.5 Å². The molecule has 3 aromatic rings. The molecule has 5 heteroatoms. The smallest absolute Gasteiger partial charge is 0.143 e. The normalized spacial score (nSPS) is 17.6. The first-order valence-electron chi connectivity index (χ1n) is 11.3. The molecule has 0 unspecified atom stereocenters. The van der Waals surface area contributed by atoms with Gasteiger partial charge in [-0.2, -0.15) is 0 Å². The minimum absolute atomic E-state index is 0. The summed E-state index contributed by atoms with van der Waals surface area (Å²) in [5, 5.41) is 0. The first-order chi connectivity index (χ1) is 15.2. The molecule has 0 amide bonds. The molecule has 168 valence electrons. The third-order valence-corrected chi connectivity index (χ3v) is 6.54. The standard InChI is InChI=1S/C27H31N3O.ClH/c1-28(2)23-13-11-21(12-14-23)15-17-29-18-16-24(19-29)30-25-8-4-3-7-22(25)20-31-27-10-6-5-9-26(27)30;/h3-14,24H,15-20H2,1-2H3;1H/t24-;/m1./s1. The Labute approximate surface area is 197 Å². The summed E-state index contributed by atoms with van der Waals surface area (Å²) < 4.78 is 6.16. The average Bonchev–Trinajstić information content (AvgIpc) is 3.20. The summed E-state index contributed by atoms with van der Waals surface area (Å²) >= 11 is 0. The molecule has 0 radical (unpaired) electrons. The van der Waals surface area contributed by atoms with Gasteiger partial charge in [-0.25, -0.2) is 0 Å². The summed E-state index contributed by atoms with van der Waals surface area (Å²) in [5.41, 5.74) is 6.41. The number of halogens is 1. The fraction of sp³-hybridized carbons (Fsp3) is 0.333. The Bertz CT molecular complexity index is 990. The number of nitrogens with zero attached hydrogens (tertiary/aromatic N) is 3. The number of fused-ring (bicyclic) bond motifs is 2. The van der Waals surface area contributed by atoms with Gasteiger partial charge in [0.2, 0.25) is 0 Å². The van der Waals surface area contributed by atoms with Crippen molar-refractivity contribution in [1.82, 2.24) is 4.90 Å². The van der Waals surface area contributed by atoms with Gasteiger partial charge < -0.3 is 19.4 Å². The van der Waals surface area contributed by atoms with Gasteiger partial charge in [0.15, 0.2) is 0 Å². The molecule has 2 aliphatic rings. The van der Waals surface area contributed by atoms with Crippen molar-refractivity contribution in [3.63, 3.8) is 0 Å². The molecule has 1 saturated heterocycles. The lowest BCUT2D eigenvalue weighted by atomic mass is 10.1. The molecule has 3 aromatic carbocycles. The molecule has 2 aliphatic heterocycles. The molecule has 0 aliphatic carbocycles. The second kappa shape index (κ2) is 9.85. The molecule has 0 spiro atoms. The summed E-state index contributed by atoms with van der Waals surface area (Å²) in [6, 6.07) is 26.6. The molecule has 0 bridgehead atoms. The average molecular weight is 450 g/mol. The van der Waals surface area contributed by atoms with Crippen LogP contribution in [0, 0.1) is 0 Å². The van der Waals surface area contributed by atoms with Crippen LogP contribution in [-0.2, 0) is 13.0 Å². The van der Waals surface area contributed by atoms with E-state index < -0.39 is 0 Å². The van der Waals surface area contributed by atoms with E-state index in [2.05, 4.69) is 102 Å². The van der Waals surface area contributed by atoms with E-state index in [1.54, 1.807) is 0 Å². The van der Waals surface area contributed by atoms with E-state index in [1.165, 1.54) is 34.6 Å². The van der Waals surface area contributed by atoms with Gasteiger partial charge >= 0.3 is 0 Å². The van der Waals surface area contributed by atoms with Crippen molar-refractivity contribution < 1.29 is 4.74 Å². The molecule has 32 heavy (non-hydrogen) atoms.